The summed E-state index contributed by atoms with van der Waals surface area (Å²) in [5.41, 5.74) is 6.25. The Hall–Kier alpha value is -1.42. The van der Waals surface area contributed by atoms with Crippen molar-refractivity contribution in [3.63, 3.8) is 0 Å². The van der Waals surface area contributed by atoms with Crippen molar-refractivity contribution in [3.8, 4) is 0 Å². The molecule has 0 aromatic carbocycles. The summed E-state index contributed by atoms with van der Waals surface area (Å²) in [6.45, 7) is 6.13. The van der Waals surface area contributed by atoms with Crippen LogP contribution in [0.2, 0.25) is 0 Å². The van der Waals surface area contributed by atoms with Gasteiger partial charge in [0.2, 0.25) is 0 Å². The lowest BCUT2D eigenvalue weighted by Gasteiger charge is -2.08. The minimum absolute atomic E-state index is 0.915. The van der Waals surface area contributed by atoms with Crippen molar-refractivity contribution in [1.82, 2.24) is 19.9 Å². The highest BCUT2D eigenvalue weighted by Gasteiger charge is 2.19. The van der Waals surface area contributed by atoms with E-state index in [0.29, 0.717) is 0 Å². The molecular weight excluding hydrogens is 176 g/mol. The molecule has 0 saturated carbocycles. The second-order valence-electron chi connectivity index (χ2n) is 3.77. The van der Waals surface area contributed by atoms with Crippen LogP contribution in [0.25, 0.3) is 5.65 Å². The molecule has 0 aliphatic carbocycles. The topological polar surface area (TPSA) is 42.2 Å². The lowest BCUT2D eigenvalue weighted by molar-refractivity contribution is 0.764. The molecule has 0 amide bonds. The van der Waals surface area contributed by atoms with E-state index in [2.05, 4.69) is 29.2 Å². The highest BCUT2D eigenvalue weighted by Crippen LogP contribution is 2.25. The Bertz CT molecular complexity index is 512. The van der Waals surface area contributed by atoms with E-state index in [1.54, 1.807) is 6.33 Å². The van der Waals surface area contributed by atoms with E-state index in [-0.39, 0.29) is 0 Å². The first-order valence-corrected chi connectivity index (χ1v) is 4.80. The van der Waals surface area contributed by atoms with Gasteiger partial charge in [-0.05, 0) is 25.0 Å². The number of aromatic nitrogens is 3. The molecule has 0 spiro atoms. The first-order chi connectivity index (χ1) is 6.79. The van der Waals surface area contributed by atoms with Crippen LogP contribution in [0.3, 0.4) is 0 Å². The zero-order valence-corrected chi connectivity index (χ0v) is 8.33. The average Bonchev–Trinajstić information content (AvgIpc) is 2.80. The van der Waals surface area contributed by atoms with Gasteiger partial charge in [-0.25, -0.2) is 9.50 Å². The van der Waals surface area contributed by atoms with Gasteiger partial charge < -0.3 is 5.32 Å². The summed E-state index contributed by atoms with van der Waals surface area (Å²) in [7, 11) is 0. The summed E-state index contributed by atoms with van der Waals surface area (Å²) in [5.74, 6) is 0. The lowest BCUT2D eigenvalue weighted by Crippen LogP contribution is -2.02. The minimum atomic E-state index is 0.915. The maximum absolute atomic E-state index is 4.30. The smallest absolute Gasteiger partial charge is 0.160 e. The Kier molecular flexibility index (Phi) is 1.44. The van der Waals surface area contributed by atoms with Crippen LogP contribution in [0.5, 0.6) is 0 Å². The second-order valence-corrected chi connectivity index (χ2v) is 3.77. The third-order valence-corrected chi connectivity index (χ3v) is 3.10. The van der Waals surface area contributed by atoms with Gasteiger partial charge in [0, 0.05) is 24.3 Å². The van der Waals surface area contributed by atoms with Crippen molar-refractivity contribution < 1.29 is 0 Å². The average molecular weight is 188 g/mol. The van der Waals surface area contributed by atoms with Gasteiger partial charge in [0.05, 0.1) is 0 Å². The molecule has 1 N–H and O–H groups in total. The molecule has 0 atom stereocenters. The zero-order valence-electron chi connectivity index (χ0n) is 8.33. The first kappa shape index (κ1) is 7.94. The number of hydrogen-bond acceptors (Lipinski definition) is 3. The second kappa shape index (κ2) is 2.54. The SMILES string of the molecule is Cc1c2c(c3ncnn3c1C)CNC2. The van der Waals surface area contributed by atoms with Gasteiger partial charge in [0.15, 0.2) is 5.65 Å². The van der Waals surface area contributed by atoms with Crippen molar-refractivity contribution >= 4 is 5.65 Å². The van der Waals surface area contributed by atoms with E-state index in [1.165, 1.54) is 22.4 Å². The predicted molar refractivity (Wildman–Crippen MR) is 53.0 cm³/mol. The Morgan fingerprint density at radius 2 is 2.07 bits per heavy atom. The molecule has 1 aliphatic heterocycles. The number of pyridine rings is 1. The monoisotopic (exact) mass is 188 g/mol. The van der Waals surface area contributed by atoms with Gasteiger partial charge in [-0.15, -0.1) is 0 Å². The molecule has 0 saturated heterocycles. The predicted octanol–water partition coefficient (Wildman–Crippen LogP) is 0.949. The Balaban J connectivity index is 2.52. The number of hydrogen-bond donors (Lipinski definition) is 1. The van der Waals surface area contributed by atoms with Crippen LogP contribution in [0.4, 0.5) is 0 Å². The Labute approximate surface area is 82.0 Å². The summed E-state index contributed by atoms with van der Waals surface area (Å²) in [6, 6.07) is 0. The number of fused-ring (bicyclic) bond motifs is 3. The summed E-state index contributed by atoms with van der Waals surface area (Å²) < 4.78 is 1.93. The van der Waals surface area contributed by atoms with Gasteiger partial charge in [0.1, 0.15) is 6.33 Å². The largest absolute Gasteiger partial charge is 0.308 e. The molecule has 0 fully saturated rings. The van der Waals surface area contributed by atoms with Crippen molar-refractivity contribution in [2.45, 2.75) is 26.9 Å². The normalized spacial score (nSPS) is 15.0. The van der Waals surface area contributed by atoms with Crippen LogP contribution in [0.1, 0.15) is 22.4 Å². The molecule has 1 aliphatic rings. The summed E-state index contributed by atoms with van der Waals surface area (Å²) in [5, 5.41) is 7.59. The van der Waals surface area contributed by atoms with Gasteiger partial charge in [-0.3, -0.25) is 0 Å². The van der Waals surface area contributed by atoms with Crippen LogP contribution < -0.4 is 5.32 Å². The van der Waals surface area contributed by atoms with Gasteiger partial charge in [-0.2, -0.15) is 5.10 Å². The van der Waals surface area contributed by atoms with Gasteiger partial charge in [-0.1, -0.05) is 0 Å². The number of nitrogens with zero attached hydrogens (tertiary/aromatic N) is 3. The van der Waals surface area contributed by atoms with Crippen molar-refractivity contribution in [1.29, 1.82) is 0 Å². The van der Waals surface area contributed by atoms with E-state index < -0.39 is 0 Å². The maximum atomic E-state index is 4.30. The lowest BCUT2D eigenvalue weighted by atomic mass is 10.0. The molecule has 0 radical (unpaired) electrons. The molecule has 3 rings (SSSR count). The van der Waals surface area contributed by atoms with E-state index in [1.807, 2.05) is 4.52 Å². The molecule has 4 heteroatoms. The van der Waals surface area contributed by atoms with Crippen LogP contribution in [0, 0.1) is 13.8 Å². The highest BCUT2D eigenvalue weighted by atomic mass is 15.3. The molecule has 2 aromatic heterocycles. The third-order valence-electron chi connectivity index (χ3n) is 3.10. The van der Waals surface area contributed by atoms with E-state index in [0.717, 1.165) is 18.7 Å². The number of nitrogens with one attached hydrogen (secondary N) is 1. The highest BCUT2D eigenvalue weighted by molar-refractivity contribution is 5.56. The maximum Gasteiger partial charge on any atom is 0.160 e. The fraction of sp³-hybridized carbons (Fsp3) is 0.400. The summed E-state index contributed by atoms with van der Waals surface area (Å²) >= 11 is 0. The number of aryl methyl sites for hydroxylation is 1. The van der Waals surface area contributed by atoms with Crippen molar-refractivity contribution in [2.24, 2.45) is 0 Å². The first-order valence-electron chi connectivity index (χ1n) is 4.80. The van der Waals surface area contributed by atoms with E-state index >= 15 is 0 Å². The fourth-order valence-electron chi connectivity index (χ4n) is 2.17. The van der Waals surface area contributed by atoms with Crippen LogP contribution in [0.15, 0.2) is 6.33 Å². The molecule has 14 heavy (non-hydrogen) atoms. The van der Waals surface area contributed by atoms with Crippen LogP contribution >= 0.6 is 0 Å². The standard InChI is InChI=1S/C10H12N4/c1-6-7(2)14-10(12-5-13-14)9-4-11-3-8(6)9/h5,11H,3-4H2,1-2H3. The molecule has 4 nitrogen and oxygen atoms in total. The molecule has 3 heterocycles. The third kappa shape index (κ3) is 0.812. The Morgan fingerprint density at radius 3 is 2.93 bits per heavy atom. The van der Waals surface area contributed by atoms with Gasteiger partial charge in [0.25, 0.3) is 0 Å². The fourth-order valence-corrected chi connectivity index (χ4v) is 2.17. The molecule has 0 unspecified atom stereocenters. The quantitative estimate of drug-likeness (QED) is 0.669. The van der Waals surface area contributed by atoms with Crippen LogP contribution in [-0.2, 0) is 13.1 Å². The number of rotatable bonds is 0. The van der Waals surface area contributed by atoms with E-state index in [9.17, 15) is 0 Å². The minimum Gasteiger partial charge on any atom is -0.308 e. The zero-order chi connectivity index (χ0) is 9.71. The summed E-state index contributed by atoms with van der Waals surface area (Å²) in [6.07, 6.45) is 1.63. The van der Waals surface area contributed by atoms with Crippen LogP contribution in [-0.4, -0.2) is 14.6 Å². The van der Waals surface area contributed by atoms with Crippen molar-refractivity contribution in [3.05, 3.63) is 28.7 Å². The Morgan fingerprint density at radius 1 is 1.29 bits per heavy atom. The van der Waals surface area contributed by atoms with Crippen molar-refractivity contribution in [2.75, 3.05) is 0 Å². The summed E-state index contributed by atoms with van der Waals surface area (Å²) in [4.78, 5) is 4.30. The molecular formula is C10H12N4. The van der Waals surface area contributed by atoms with E-state index in [4.69, 9.17) is 0 Å². The molecule has 2 aromatic rings. The van der Waals surface area contributed by atoms with Gasteiger partial charge >= 0.3 is 0 Å². The molecule has 72 valence electrons. The molecule has 0 bridgehead atoms.